The van der Waals surface area contributed by atoms with E-state index in [2.05, 4.69) is 58.3 Å². The number of hydrogen-bond donors (Lipinski definition) is 1. The molecular formula is C16H20N4. The summed E-state index contributed by atoms with van der Waals surface area (Å²) in [5, 5.41) is 3.36. The molecule has 0 atom stereocenters. The first-order valence-electron chi connectivity index (χ1n) is 7.10. The summed E-state index contributed by atoms with van der Waals surface area (Å²) in [4.78, 5) is 11.6. The van der Waals surface area contributed by atoms with E-state index in [0.29, 0.717) is 0 Å². The van der Waals surface area contributed by atoms with E-state index < -0.39 is 0 Å². The van der Waals surface area contributed by atoms with Crippen LogP contribution in [-0.2, 0) is 0 Å². The van der Waals surface area contributed by atoms with Gasteiger partial charge in [0.25, 0.3) is 0 Å². The third-order valence-electron chi connectivity index (χ3n) is 3.72. The van der Waals surface area contributed by atoms with Gasteiger partial charge in [0.2, 0.25) is 0 Å². The summed E-state index contributed by atoms with van der Waals surface area (Å²) in [7, 11) is 0. The maximum Gasteiger partial charge on any atom is 0.159 e. The van der Waals surface area contributed by atoms with Crippen molar-refractivity contribution in [3.05, 3.63) is 41.7 Å². The van der Waals surface area contributed by atoms with Crippen molar-refractivity contribution in [1.29, 1.82) is 0 Å². The van der Waals surface area contributed by atoms with Gasteiger partial charge in [0.15, 0.2) is 5.82 Å². The van der Waals surface area contributed by atoms with Gasteiger partial charge in [0, 0.05) is 31.7 Å². The molecule has 0 bridgehead atoms. The molecule has 1 aromatic carbocycles. The second-order valence-electron chi connectivity index (χ2n) is 5.27. The topological polar surface area (TPSA) is 41.1 Å². The van der Waals surface area contributed by atoms with Crippen molar-refractivity contribution >= 4 is 5.69 Å². The van der Waals surface area contributed by atoms with Gasteiger partial charge in [-0.25, -0.2) is 9.97 Å². The minimum absolute atomic E-state index is 0.807. The van der Waals surface area contributed by atoms with Crippen LogP contribution in [0.5, 0.6) is 0 Å². The predicted molar refractivity (Wildman–Crippen MR) is 82.0 cm³/mol. The van der Waals surface area contributed by atoms with E-state index in [1.165, 1.54) is 5.56 Å². The average molecular weight is 268 g/mol. The van der Waals surface area contributed by atoms with E-state index >= 15 is 0 Å². The van der Waals surface area contributed by atoms with Crippen LogP contribution in [0.4, 0.5) is 5.69 Å². The van der Waals surface area contributed by atoms with Gasteiger partial charge in [-0.1, -0.05) is 29.8 Å². The largest absolute Gasteiger partial charge is 0.366 e. The predicted octanol–water partition coefficient (Wildman–Crippen LogP) is 2.17. The lowest BCUT2D eigenvalue weighted by Crippen LogP contribution is -2.43. The van der Waals surface area contributed by atoms with Crippen LogP contribution >= 0.6 is 0 Å². The summed E-state index contributed by atoms with van der Waals surface area (Å²) in [6, 6.07) is 8.35. The van der Waals surface area contributed by atoms with Crippen LogP contribution in [0.25, 0.3) is 11.4 Å². The molecule has 1 fully saturated rings. The van der Waals surface area contributed by atoms with Gasteiger partial charge in [0.05, 0.1) is 17.6 Å². The monoisotopic (exact) mass is 268 g/mol. The molecule has 0 saturated carbocycles. The smallest absolute Gasteiger partial charge is 0.159 e. The van der Waals surface area contributed by atoms with Crippen molar-refractivity contribution in [2.45, 2.75) is 13.8 Å². The number of benzene rings is 1. The first-order chi connectivity index (χ1) is 9.74. The Morgan fingerprint density at radius 1 is 1.05 bits per heavy atom. The Kier molecular flexibility index (Phi) is 3.65. The van der Waals surface area contributed by atoms with Crippen LogP contribution in [0.2, 0.25) is 0 Å². The highest BCUT2D eigenvalue weighted by atomic mass is 15.2. The summed E-state index contributed by atoms with van der Waals surface area (Å²) in [6.07, 6.45) is 1.96. The zero-order chi connectivity index (χ0) is 13.9. The van der Waals surface area contributed by atoms with E-state index in [1.807, 2.05) is 6.20 Å². The van der Waals surface area contributed by atoms with Crippen molar-refractivity contribution < 1.29 is 0 Å². The number of rotatable bonds is 2. The molecule has 2 aromatic rings. The highest BCUT2D eigenvalue weighted by Gasteiger charge is 2.14. The van der Waals surface area contributed by atoms with Crippen molar-refractivity contribution in [1.82, 2.24) is 15.3 Å². The van der Waals surface area contributed by atoms with E-state index in [4.69, 9.17) is 0 Å². The summed E-state index contributed by atoms with van der Waals surface area (Å²) < 4.78 is 0. The number of nitrogens with one attached hydrogen (secondary N) is 1. The first-order valence-corrected chi connectivity index (χ1v) is 7.10. The number of aryl methyl sites for hydroxylation is 2. The zero-order valence-corrected chi connectivity index (χ0v) is 12.1. The van der Waals surface area contributed by atoms with Crippen molar-refractivity contribution in [3.63, 3.8) is 0 Å². The van der Waals surface area contributed by atoms with Crippen LogP contribution in [0.3, 0.4) is 0 Å². The minimum atomic E-state index is 0.807. The van der Waals surface area contributed by atoms with E-state index in [0.717, 1.165) is 48.9 Å². The molecule has 2 heterocycles. The first kappa shape index (κ1) is 13.1. The maximum atomic E-state index is 4.68. The van der Waals surface area contributed by atoms with Crippen LogP contribution in [-0.4, -0.2) is 36.1 Å². The molecule has 1 aromatic heterocycles. The highest BCUT2D eigenvalue weighted by molar-refractivity contribution is 5.59. The van der Waals surface area contributed by atoms with Crippen molar-refractivity contribution in [3.8, 4) is 11.4 Å². The SMILES string of the molecule is Cc1ccc(-c2ncc(N3CCNCC3)c(C)n2)cc1. The van der Waals surface area contributed by atoms with E-state index in [9.17, 15) is 0 Å². The minimum Gasteiger partial charge on any atom is -0.366 e. The second kappa shape index (κ2) is 5.59. The Hall–Kier alpha value is -1.94. The Labute approximate surface area is 119 Å². The van der Waals surface area contributed by atoms with Crippen molar-refractivity contribution in [2.75, 3.05) is 31.1 Å². The number of nitrogens with zero attached hydrogens (tertiary/aromatic N) is 3. The molecule has 4 nitrogen and oxygen atoms in total. The van der Waals surface area contributed by atoms with Crippen molar-refractivity contribution in [2.24, 2.45) is 0 Å². The second-order valence-corrected chi connectivity index (χ2v) is 5.27. The quantitative estimate of drug-likeness (QED) is 0.906. The Bertz CT molecular complexity index is 586. The molecule has 1 aliphatic rings. The molecular weight excluding hydrogens is 248 g/mol. The fraction of sp³-hybridized carbons (Fsp3) is 0.375. The van der Waals surface area contributed by atoms with Gasteiger partial charge >= 0.3 is 0 Å². The van der Waals surface area contributed by atoms with E-state index in [1.54, 1.807) is 0 Å². The molecule has 3 rings (SSSR count). The number of hydrogen-bond acceptors (Lipinski definition) is 4. The summed E-state index contributed by atoms with van der Waals surface area (Å²) in [5.41, 5.74) is 4.54. The third-order valence-corrected chi connectivity index (χ3v) is 3.72. The molecule has 0 aliphatic carbocycles. The molecule has 1 aliphatic heterocycles. The lowest BCUT2D eigenvalue weighted by Gasteiger charge is -2.30. The van der Waals surface area contributed by atoms with E-state index in [-0.39, 0.29) is 0 Å². The lowest BCUT2D eigenvalue weighted by molar-refractivity contribution is 0.587. The summed E-state index contributed by atoms with van der Waals surface area (Å²) in [5.74, 6) is 0.807. The van der Waals surface area contributed by atoms with Gasteiger partial charge in [-0.05, 0) is 13.8 Å². The normalized spacial score (nSPS) is 15.4. The van der Waals surface area contributed by atoms with Gasteiger partial charge in [-0.2, -0.15) is 0 Å². The fourth-order valence-electron chi connectivity index (χ4n) is 2.52. The molecule has 0 unspecified atom stereocenters. The van der Waals surface area contributed by atoms with Gasteiger partial charge < -0.3 is 10.2 Å². The van der Waals surface area contributed by atoms with Crippen LogP contribution < -0.4 is 10.2 Å². The Balaban J connectivity index is 1.88. The van der Waals surface area contributed by atoms with Gasteiger partial charge in [-0.3, -0.25) is 0 Å². The average Bonchev–Trinajstić information content (AvgIpc) is 2.49. The highest BCUT2D eigenvalue weighted by Crippen LogP contribution is 2.22. The molecule has 0 radical (unpaired) electrons. The zero-order valence-electron chi connectivity index (χ0n) is 12.1. The van der Waals surface area contributed by atoms with Gasteiger partial charge in [0.1, 0.15) is 0 Å². The number of anilines is 1. The number of piperazine rings is 1. The van der Waals surface area contributed by atoms with Crippen LogP contribution in [0.1, 0.15) is 11.3 Å². The maximum absolute atomic E-state index is 4.68. The Morgan fingerprint density at radius 2 is 1.75 bits per heavy atom. The van der Waals surface area contributed by atoms with Gasteiger partial charge in [-0.15, -0.1) is 0 Å². The molecule has 20 heavy (non-hydrogen) atoms. The number of aromatic nitrogens is 2. The fourth-order valence-corrected chi connectivity index (χ4v) is 2.52. The molecule has 1 N–H and O–H groups in total. The molecule has 104 valence electrons. The lowest BCUT2D eigenvalue weighted by atomic mass is 10.1. The molecule has 0 amide bonds. The third kappa shape index (κ3) is 2.65. The molecule has 1 saturated heterocycles. The Morgan fingerprint density at radius 3 is 2.40 bits per heavy atom. The molecule has 4 heteroatoms. The standard InChI is InChI=1S/C16H20N4/c1-12-3-5-14(6-4-12)16-18-11-15(13(2)19-16)20-9-7-17-8-10-20/h3-6,11,17H,7-10H2,1-2H3. The van der Waals surface area contributed by atoms with Crippen LogP contribution in [0.15, 0.2) is 30.5 Å². The molecule has 0 spiro atoms. The summed E-state index contributed by atoms with van der Waals surface area (Å²) in [6.45, 7) is 8.25. The van der Waals surface area contributed by atoms with Crippen LogP contribution in [0, 0.1) is 13.8 Å². The summed E-state index contributed by atoms with van der Waals surface area (Å²) >= 11 is 0.